The van der Waals surface area contributed by atoms with Crippen LogP contribution >= 0.6 is 0 Å². The highest BCUT2D eigenvalue weighted by Crippen LogP contribution is 2.36. The van der Waals surface area contributed by atoms with Gasteiger partial charge in [-0.25, -0.2) is 4.79 Å². The van der Waals surface area contributed by atoms with E-state index in [0.717, 1.165) is 4.90 Å². The van der Waals surface area contributed by atoms with Gasteiger partial charge in [-0.1, -0.05) is 0 Å². The SMILES string of the molecule is CC(C)(O)CN1CCn2c(nnc2C(=O)NC2(C)CCN(C(=O)OC(C(F)(F)F)C(F)(F)F)CC2)C1. The summed E-state index contributed by atoms with van der Waals surface area (Å²) in [5.74, 6) is 0.0637. The summed E-state index contributed by atoms with van der Waals surface area (Å²) < 4.78 is 81.4. The van der Waals surface area contributed by atoms with Gasteiger partial charge in [-0.3, -0.25) is 9.69 Å². The van der Waals surface area contributed by atoms with Crippen molar-refractivity contribution in [2.45, 2.75) is 76.3 Å². The minimum absolute atomic E-state index is 0.0640. The number of hydrogen-bond acceptors (Lipinski definition) is 7. The van der Waals surface area contributed by atoms with Gasteiger partial charge in [0.2, 0.25) is 5.82 Å². The third-order valence-corrected chi connectivity index (χ3v) is 6.00. The number of aromatic nitrogens is 3. The van der Waals surface area contributed by atoms with Gasteiger partial charge in [0.15, 0.2) is 0 Å². The van der Waals surface area contributed by atoms with Crippen LogP contribution in [0.1, 0.15) is 50.1 Å². The fraction of sp³-hybridized carbons (Fsp3) is 0.800. The molecule has 204 valence electrons. The first-order chi connectivity index (χ1) is 16.4. The molecule has 1 aromatic rings. The Hall–Kier alpha value is -2.62. The van der Waals surface area contributed by atoms with Crippen molar-refractivity contribution in [2.24, 2.45) is 0 Å². The molecule has 0 bridgehead atoms. The van der Waals surface area contributed by atoms with Gasteiger partial charge in [-0.15, -0.1) is 10.2 Å². The second-order valence-corrected chi connectivity index (χ2v) is 9.96. The summed E-state index contributed by atoms with van der Waals surface area (Å²) in [7, 11) is 0. The van der Waals surface area contributed by atoms with Crippen molar-refractivity contribution in [1.29, 1.82) is 0 Å². The van der Waals surface area contributed by atoms with Gasteiger partial charge in [0.05, 0.1) is 12.1 Å². The number of amides is 2. The highest BCUT2D eigenvalue weighted by atomic mass is 19.4. The summed E-state index contributed by atoms with van der Waals surface area (Å²) >= 11 is 0. The molecular weight excluding hydrogens is 502 g/mol. The molecule has 0 atom stereocenters. The van der Waals surface area contributed by atoms with Gasteiger partial charge in [0, 0.05) is 38.3 Å². The van der Waals surface area contributed by atoms with Crippen LogP contribution in [-0.2, 0) is 17.8 Å². The molecule has 0 unspecified atom stereocenters. The Morgan fingerprint density at radius 3 is 2.17 bits per heavy atom. The molecule has 1 aromatic heterocycles. The maximum atomic E-state index is 12.9. The molecule has 2 aliphatic rings. The molecule has 10 nitrogen and oxygen atoms in total. The maximum Gasteiger partial charge on any atom is 0.434 e. The zero-order valence-corrected chi connectivity index (χ0v) is 19.9. The number of fused-ring (bicyclic) bond motifs is 1. The molecule has 2 aliphatic heterocycles. The van der Waals surface area contributed by atoms with E-state index in [1.165, 1.54) is 0 Å². The Morgan fingerprint density at radius 1 is 1.06 bits per heavy atom. The third kappa shape index (κ3) is 6.78. The first-order valence-corrected chi connectivity index (χ1v) is 11.2. The lowest BCUT2D eigenvalue weighted by Crippen LogP contribution is -2.56. The number of ether oxygens (including phenoxy) is 1. The molecule has 0 aromatic carbocycles. The van der Waals surface area contributed by atoms with Crippen LogP contribution in [0.3, 0.4) is 0 Å². The Balaban J connectivity index is 1.58. The Kier molecular flexibility index (Phi) is 7.52. The standard InChI is InChI=1S/C20H28F6N6O4/c1-17(2,35)11-30-8-9-32-12(10-30)28-29-13(32)14(33)27-18(3)4-6-31(7-5-18)16(34)36-15(19(21,22)23)20(24,25)26/h15,35H,4-11H2,1-3H3,(H,27,33). The Morgan fingerprint density at radius 2 is 1.64 bits per heavy atom. The number of rotatable bonds is 5. The van der Waals surface area contributed by atoms with E-state index < -0.39 is 41.6 Å². The zero-order valence-electron chi connectivity index (χ0n) is 19.9. The molecule has 0 aliphatic carbocycles. The number of likely N-dealkylation sites (tertiary alicyclic amines) is 1. The van der Waals surface area contributed by atoms with E-state index in [0.29, 0.717) is 32.0 Å². The lowest BCUT2D eigenvalue weighted by molar-refractivity contribution is -0.308. The van der Waals surface area contributed by atoms with E-state index in [4.69, 9.17) is 0 Å². The van der Waals surface area contributed by atoms with Crippen LogP contribution in [0, 0.1) is 0 Å². The van der Waals surface area contributed by atoms with Crippen LogP contribution in [-0.4, -0.2) is 97.4 Å². The summed E-state index contributed by atoms with van der Waals surface area (Å²) in [6.45, 7) is 6.34. The molecule has 2 N–H and O–H groups in total. The van der Waals surface area contributed by atoms with Crippen molar-refractivity contribution in [3.8, 4) is 0 Å². The number of β-amino-alcohol motifs (C(OH)–C–C–N with tert-alkyl or cyclic N) is 1. The van der Waals surface area contributed by atoms with Crippen LogP contribution < -0.4 is 5.32 Å². The maximum absolute atomic E-state index is 12.9. The predicted molar refractivity (Wildman–Crippen MR) is 111 cm³/mol. The summed E-state index contributed by atoms with van der Waals surface area (Å²) in [4.78, 5) is 27.6. The number of aliphatic hydroxyl groups is 1. The Bertz CT molecular complexity index is 951. The predicted octanol–water partition coefficient (Wildman–Crippen LogP) is 2.08. The first kappa shape index (κ1) is 28.0. The summed E-state index contributed by atoms with van der Waals surface area (Å²) in [6.07, 6.45) is -17.4. The Labute approximate surface area is 202 Å². The van der Waals surface area contributed by atoms with Crippen molar-refractivity contribution in [1.82, 2.24) is 29.9 Å². The van der Waals surface area contributed by atoms with E-state index in [2.05, 4.69) is 20.3 Å². The fourth-order valence-corrected chi connectivity index (χ4v) is 4.19. The van der Waals surface area contributed by atoms with Gasteiger partial charge in [-0.2, -0.15) is 26.3 Å². The highest BCUT2D eigenvalue weighted by molar-refractivity contribution is 5.91. The van der Waals surface area contributed by atoms with E-state index in [1.54, 1.807) is 25.3 Å². The smallest absolute Gasteiger partial charge is 0.426 e. The van der Waals surface area contributed by atoms with Crippen LogP contribution in [0.2, 0.25) is 0 Å². The molecule has 3 rings (SSSR count). The second-order valence-electron chi connectivity index (χ2n) is 9.96. The molecule has 16 heteroatoms. The largest absolute Gasteiger partial charge is 0.434 e. The van der Waals surface area contributed by atoms with Crippen molar-refractivity contribution in [2.75, 3.05) is 26.2 Å². The molecule has 0 spiro atoms. The molecule has 36 heavy (non-hydrogen) atoms. The molecule has 0 radical (unpaired) electrons. The van der Waals surface area contributed by atoms with E-state index >= 15 is 0 Å². The number of halogens is 6. The molecule has 1 fully saturated rings. The molecular formula is C20H28F6N6O4. The van der Waals surface area contributed by atoms with Crippen LogP contribution in [0.15, 0.2) is 0 Å². The van der Waals surface area contributed by atoms with E-state index in [-0.39, 0.29) is 31.8 Å². The molecule has 2 amide bonds. The second kappa shape index (κ2) is 9.68. The van der Waals surface area contributed by atoms with Crippen LogP contribution in [0.5, 0.6) is 0 Å². The molecule has 3 heterocycles. The van der Waals surface area contributed by atoms with Crippen molar-refractivity contribution in [3.63, 3.8) is 0 Å². The van der Waals surface area contributed by atoms with Crippen molar-refractivity contribution < 1.29 is 45.8 Å². The van der Waals surface area contributed by atoms with Gasteiger partial charge in [-0.05, 0) is 33.6 Å². The van der Waals surface area contributed by atoms with Gasteiger partial charge in [0.1, 0.15) is 5.82 Å². The lowest BCUT2D eigenvalue weighted by Gasteiger charge is -2.39. The average Bonchev–Trinajstić information content (AvgIpc) is 3.12. The first-order valence-electron chi connectivity index (χ1n) is 11.2. The zero-order chi connectivity index (χ0) is 27.1. The monoisotopic (exact) mass is 530 g/mol. The number of carbonyl (C=O) groups excluding carboxylic acids is 2. The topological polar surface area (TPSA) is 113 Å². The number of hydrogen-bond donors (Lipinski definition) is 2. The summed E-state index contributed by atoms with van der Waals surface area (Å²) in [6, 6.07) is 0. The van der Waals surface area contributed by atoms with Crippen LogP contribution in [0.4, 0.5) is 31.1 Å². The van der Waals surface area contributed by atoms with Crippen molar-refractivity contribution >= 4 is 12.0 Å². The van der Waals surface area contributed by atoms with E-state index in [1.807, 2.05) is 4.90 Å². The number of nitrogens with zero attached hydrogens (tertiary/aromatic N) is 5. The highest BCUT2D eigenvalue weighted by Gasteiger charge is 2.60. The minimum Gasteiger partial charge on any atom is -0.426 e. The summed E-state index contributed by atoms with van der Waals surface area (Å²) in [5, 5.41) is 20.8. The van der Waals surface area contributed by atoms with Crippen molar-refractivity contribution in [3.05, 3.63) is 11.6 Å². The van der Waals surface area contributed by atoms with Gasteiger partial charge in [0.25, 0.3) is 12.0 Å². The number of alkyl halides is 6. The number of piperidine rings is 1. The van der Waals surface area contributed by atoms with Gasteiger partial charge >= 0.3 is 18.4 Å². The fourth-order valence-electron chi connectivity index (χ4n) is 4.19. The third-order valence-electron chi connectivity index (χ3n) is 6.00. The average molecular weight is 530 g/mol. The normalized spacial score (nSPS) is 19.2. The molecule has 1 saturated heterocycles. The number of carbonyl (C=O) groups is 2. The minimum atomic E-state index is -5.80. The number of nitrogens with one attached hydrogen (secondary N) is 1. The van der Waals surface area contributed by atoms with Crippen LogP contribution in [0.25, 0.3) is 0 Å². The molecule has 0 saturated carbocycles. The summed E-state index contributed by atoms with van der Waals surface area (Å²) in [5.41, 5.74) is -1.80. The lowest BCUT2D eigenvalue weighted by atomic mass is 9.89. The van der Waals surface area contributed by atoms with Gasteiger partial charge < -0.3 is 24.6 Å². The van der Waals surface area contributed by atoms with E-state index in [9.17, 15) is 41.0 Å². The quantitative estimate of drug-likeness (QED) is 0.561.